The minimum atomic E-state index is -0.302. The van der Waals surface area contributed by atoms with Gasteiger partial charge in [-0.25, -0.2) is 4.79 Å². The van der Waals surface area contributed by atoms with Crippen molar-refractivity contribution >= 4 is 54.1 Å². The van der Waals surface area contributed by atoms with Crippen LogP contribution in [0.3, 0.4) is 0 Å². The molecule has 0 amide bonds. The molecule has 0 saturated carbocycles. The fraction of sp³-hybridized carbons (Fsp3) is 0. The molecule has 6 aromatic carbocycles. The third-order valence-corrected chi connectivity index (χ3v) is 5.92. The number of hydrogen-bond acceptors (Lipinski definition) is 2. The Morgan fingerprint density at radius 2 is 0.871 bits per heavy atom. The summed E-state index contributed by atoms with van der Waals surface area (Å²) < 4.78 is 4.91. The monoisotopic (exact) mass is 398 g/mol. The maximum absolute atomic E-state index is 10.7. The normalized spacial score (nSPS) is 11.4. The van der Waals surface area contributed by atoms with Crippen LogP contribution >= 0.6 is 0 Å². The molecule has 0 aliphatic rings. The van der Waals surface area contributed by atoms with E-state index in [4.69, 9.17) is 4.42 Å². The lowest BCUT2D eigenvalue weighted by Gasteiger charge is -2.13. The summed E-state index contributed by atoms with van der Waals surface area (Å²) in [6.45, 7) is 0. The lowest BCUT2D eigenvalue weighted by atomic mass is 9.90. The predicted octanol–water partition coefficient (Wildman–Crippen LogP) is 7.53. The summed E-state index contributed by atoms with van der Waals surface area (Å²) >= 11 is 0. The molecule has 0 fully saturated rings. The highest BCUT2D eigenvalue weighted by Gasteiger charge is 2.11. The Morgan fingerprint density at radius 3 is 1.39 bits per heavy atom. The van der Waals surface area contributed by atoms with Gasteiger partial charge in [0.15, 0.2) is 0 Å². The molecule has 0 saturated heterocycles. The van der Waals surface area contributed by atoms with E-state index in [2.05, 4.69) is 72.8 Å². The standard InChI is InChI=1S/C20H12.C9H6O2/c1-5-13-6-2-11-17-18-12-4-8-14-7-3-10-16(20(14)18)15(9-1)19(13)17;10-9-6-5-7-3-1-2-4-8(7)11-9/h1-12H;1-6H. The molecule has 0 aliphatic heterocycles. The summed E-state index contributed by atoms with van der Waals surface area (Å²) in [4.78, 5) is 10.7. The summed E-state index contributed by atoms with van der Waals surface area (Å²) in [5.41, 5.74) is 0.337. The van der Waals surface area contributed by atoms with Crippen molar-refractivity contribution in [2.45, 2.75) is 0 Å². The van der Waals surface area contributed by atoms with Crippen LogP contribution < -0.4 is 5.63 Å². The summed E-state index contributed by atoms with van der Waals surface area (Å²) in [5, 5.41) is 11.8. The van der Waals surface area contributed by atoms with Crippen LogP contribution in [0.1, 0.15) is 0 Å². The molecule has 0 atom stereocenters. The Kier molecular flexibility index (Phi) is 3.97. The maximum Gasteiger partial charge on any atom is 0.336 e. The second-order valence-electron chi connectivity index (χ2n) is 7.71. The molecule has 1 heterocycles. The van der Waals surface area contributed by atoms with E-state index in [0.717, 1.165) is 5.39 Å². The van der Waals surface area contributed by atoms with Crippen LogP contribution in [0, 0.1) is 0 Å². The van der Waals surface area contributed by atoms with Crippen LogP contribution in [0.2, 0.25) is 0 Å². The van der Waals surface area contributed by atoms with Crippen molar-refractivity contribution in [3.8, 4) is 0 Å². The fourth-order valence-electron chi connectivity index (χ4n) is 4.59. The molecule has 1 aromatic heterocycles. The van der Waals surface area contributed by atoms with Crippen molar-refractivity contribution < 1.29 is 4.42 Å². The molecule has 0 radical (unpaired) electrons. The van der Waals surface area contributed by atoms with Gasteiger partial charge in [0.05, 0.1) is 0 Å². The van der Waals surface area contributed by atoms with Crippen molar-refractivity contribution in [3.63, 3.8) is 0 Å². The Balaban J connectivity index is 0.000000143. The predicted molar refractivity (Wildman–Crippen MR) is 130 cm³/mol. The van der Waals surface area contributed by atoms with Crippen molar-refractivity contribution in [3.05, 3.63) is 120 Å². The quantitative estimate of drug-likeness (QED) is 0.150. The lowest BCUT2D eigenvalue weighted by Crippen LogP contribution is -1.93. The number of para-hydroxylation sites is 1. The second kappa shape index (κ2) is 6.96. The molecule has 146 valence electrons. The molecular formula is C29H18O2. The Morgan fingerprint density at radius 1 is 0.419 bits per heavy atom. The highest BCUT2D eigenvalue weighted by atomic mass is 16.4. The number of fused-ring (bicyclic) bond motifs is 3. The van der Waals surface area contributed by atoms with Gasteiger partial charge in [-0.3, -0.25) is 0 Å². The highest BCUT2D eigenvalue weighted by Crippen LogP contribution is 2.39. The van der Waals surface area contributed by atoms with E-state index in [0.29, 0.717) is 5.58 Å². The first-order valence-corrected chi connectivity index (χ1v) is 10.3. The Labute approximate surface area is 178 Å². The van der Waals surface area contributed by atoms with Gasteiger partial charge in [0.25, 0.3) is 0 Å². The lowest BCUT2D eigenvalue weighted by molar-refractivity contribution is 0.561. The van der Waals surface area contributed by atoms with Crippen molar-refractivity contribution in [1.29, 1.82) is 0 Å². The summed E-state index contributed by atoms with van der Waals surface area (Å²) in [7, 11) is 0. The van der Waals surface area contributed by atoms with Crippen molar-refractivity contribution in [2.24, 2.45) is 0 Å². The third kappa shape index (κ3) is 2.84. The van der Waals surface area contributed by atoms with E-state index in [1.165, 1.54) is 49.2 Å². The summed E-state index contributed by atoms with van der Waals surface area (Å²) in [6.07, 6.45) is 0. The SMILES string of the molecule is O=c1ccc2ccccc2o1.c1cc2cccc3c4cccc5cccc(c(c1)c23)c54. The van der Waals surface area contributed by atoms with Gasteiger partial charge in [-0.2, -0.15) is 0 Å². The van der Waals surface area contributed by atoms with Gasteiger partial charge in [0, 0.05) is 11.5 Å². The molecule has 0 spiro atoms. The van der Waals surface area contributed by atoms with Gasteiger partial charge in [-0.1, -0.05) is 91.0 Å². The van der Waals surface area contributed by atoms with Gasteiger partial charge < -0.3 is 4.42 Å². The highest BCUT2D eigenvalue weighted by molar-refractivity contribution is 6.32. The largest absolute Gasteiger partial charge is 0.423 e. The molecule has 2 nitrogen and oxygen atoms in total. The maximum atomic E-state index is 10.7. The van der Waals surface area contributed by atoms with E-state index >= 15 is 0 Å². The van der Waals surface area contributed by atoms with Crippen LogP contribution in [0.25, 0.3) is 54.1 Å². The molecule has 31 heavy (non-hydrogen) atoms. The molecule has 0 unspecified atom stereocenters. The van der Waals surface area contributed by atoms with Crippen molar-refractivity contribution in [1.82, 2.24) is 0 Å². The number of rotatable bonds is 0. The Hall–Kier alpha value is -4.17. The number of benzene rings is 6. The van der Waals surface area contributed by atoms with E-state index in [1.807, 2.05) is 18.2 Å². The first kappa shape index (κ1) is 17.7. The molecule has 7 rings (SSSR count). The molecule has 7 aromatic rings. The fourth-order valence-corrected chi connectivity index (χ4v) is 4.59. The van der Waals surface area contributed by atoms with Gasteiger partial charge >= 0.3 is 5.63 Å². The van der Waals surface area contributed by atoms with Crippen LogP contribution in [-0.4, -0.2) is 0 Å². The summed E-state index contributed by atoms with van der Waals surface area (Å²) in [6, 6.07) is 37.0. The van der Waals surface area contributed by atoms with Crippen LogP contribution in [0.15, 0.2) is 118 Å². The first-order valence-electron chi connectivity index (χ1n) is 10.3. The topological polar surface area (TPSA) is 30.2 Å². The minimum Gasteiger partial charge on any atom is -0.423 e. The average Bonchev–Trinajstić information content (AvgIpc) is 2.82. The number of hydrogen-bond donors (Lipinski definition) is 0. The van der Waals surface area contributed by atoms with Crippen molar-refractivity contribution in [2.75, 3.05) is 0 Å². The molecule has 0 aliphatic carbocycles. The second-order valence-corrected chi connectivity index (χ2v) is 7.71. The molecule has 0 N–H and O–H groups in total. The minimum absolute atomic E-state index is 0.302. The molecular weight excluding hydrogens is 380 g/mol. The van der Waals surface area contributed by atoms with E-state index in [-0.39, 0.29) is 5.63 Å². The van der Waals surface area contributed by atoms with Gasteiger partial charge in [-0.05, 0) is 55.2 Å². The van der Waals surface area contributed by atoms with E-state index in [1.54, 1.807) is 12.1 Å². The van der Waals surface area contributed by atoms with Crippen LogP contribution in [-0.2, 0) is 0 Å². The van der Waals surface area contributed by atoms with Crippen LogP contribution in [0.5, 0.6) is 0 Å². The first-order chi connectivity index (χ1) is 15.3. The Bertz CT molecular complexity index is 1590. The van der Waals surface area contributed by atoms with E-state index < -0.39 is 0 Å². The molecule has 0 bridgehead atoms. The summed E-state index contributed by atoms with van der Waals surface area (Å²) in [5.74, 6) is 0. The zero-order valence-corrected chi connectivity index (χ0v) is 16.7. The van der Waals surface area contributed by atoms with E-state index in [9.17, 15) is 4.79 Å². The smallest absolute Gasteiger partial charge is 0.336 e. The van der Waals surface area contributed by atoms with Gasteiger partial charge in [0.2, 0.25) is 0 Å². The molecule has 2 heteroatoms. The zero-order valence-electron chi connectivity index (χ0n) is 16.7. The van der Waals surface area contributed by atoms with Crippen LogP contribution in [0.4, 0.5) is 0 Å². The third-order valence-electron chi connectivity index (χ3n) is 5.92. The zero-order chi connectivity index (χ0) is 20.8. The average molecular weight is 398 g/mol. The van der Waals surface area contributed by atoms with Gasteiger partial charge in [0.1, 0.15) is 5.58 Å². The van der Waals surface area contributed by atoms with Gasteiger partial charge in [-0.15, -0.1) is 0 Å².